The summed E-state index contributed by atoms with van der Waals surface area (Å²) in [6.45, 7) is 3.39. The zero-order valence-corrected chi connectivity index (χ0v) is 24.9. The van der Waals surface area contributed by atoms with Gasteiger partial charge in [-0.3, -0.25) is 9.59 Å². The van der Waals surface area contributed by atoms with Crippen molar-refractivity contribution >= 4 is 39.3 Å². The molecule has 40 heavy (non-hydrogen) atoms. The van der Waals surface area contributed by atoms with Gasteiger partial charge >= 0.3 is 10.2 Å². The zero-order chi connectivity index (χ0) is 29.3. The minimum Gasteiger partial charge on any atom is -0.352 e. The largest absolute Gasteiger partial charge is 0.352 e. The summed E-state index contributed by atoms with van der Waals surface area (Å²) in [7, 11) is -1.21. The molecule has 0 saturated carbocycles. The first-order chi connectivity index (χ1) is 19.0. The molecule has 214 valence electrons. The smallest absolute Gasteiger partial charge is 0.304 e. The molecule has 3 aromatic carbocycles. The fourth-order valence-electron chi connectivity index (χ4n) is 4.12. The van der Waals surface area contributed by atoms with E-state index >= 15 is 0 Å². The third kappa shape index (κ3) is 8.06. The average Bonchev–Trinajstić information content (AvgIpc) is 2.95. The number of amides is 2. The standard InChI is InChI=1S/C30H37ClN4O4S/c1-5-23(2)32-30(37)28(20-24-14-8-6-9-15-24)34(21-25-16-12-13-19-27(25)31)29(36)22-35(40(38,39)33(3)4)26-17-10-7-11-18-26/h6-19,23,28H,5,20-22H2,1-4H3,(H,32,37). The van der Waals surface area contributed by atoms with Gasteiger partial charge in [0.2, 0.25) is 11.8 Å². The number of benzene rings is 3. The van der Waals surface area contributed by atoms with Gasteiger partial charge in [0, 0.05) is 38.1 Å². The fourth-order valence-corrected chi connectivity index (χ4v) is 5.37. The van der Waals surface area contributed by atoms with Gasteiger partial charge in [-0.15, -0.1) is 0 Å². The Morgan fingerprint density at radius 3 is 2.05 bits per heavy atom. The third-order valence-electron chi connectivity index (χ3n) is 6.63. The van der Waals surface area contributed by atoms with Gasteiger partial charge in [-0.2, -0.15) is 12.7 Å². The van der Waals surface area contributed by atoms with E-state index in [0.717, 1.165) is 14.2 Å². The molecule has 0 spiro atoms. The second-order valence-electron chi connectivity index (χ2n) is 9.77. The Labute approximate surface area is 242 Å². The van der Waals surface area contributed by atoms with Crippen LogP contribution >= 0.6 is 11.6 Å². The molecule has 0 aliphatic heterocycles. The number of nitrogens with zero attached hydrogens (tertiary/aromatic N) is 3. The molecule has 0 aliphatic carbocycles. The maximum absolute atomic E-state index is 14.2. The van der Waals surface area contributed by atoms with Crippen molar-refractivity contribution < 1.29 is 18.0 Å². The molecule has 2 amide bonds. The zero-order valence-electron chi connectivity index (χ0n) is 23.3. The van der Waals surface area contributed by atoms with Crippen molar-refractivity contribution in [3.8, 4) is 0 Å². The number of carbonyl (C=O) groups excluding carboxylic acids is 2. The highest BCUT2D eigenvalue weighted by atomic mass is 35.5. The summed E-state index contributed by atoms with van der Waals surface area (Å²) in [5.74, 6) is -0.852. The van der Waals surface area contributed by atoms with Crippen molar-refractivity contribution in [3.05, 3.63) is 101 Å². The number of nitrogens with one attached hydrogen (secondary N) is 1. The van der Waals surface area contributed by atoms with Gasteiger partial charge in [0.05, 0.1) is 5.69 Å². The maximum Gasteiger partial charge on any atom is 0.304 e. The van der Waals surface area contributed by atoms with Crippen molar-refractivity contribution in [2.75, 3.05) is 24.9 Å². The highest BCUT2D eigenvalue weighted by molar-refractivity contribution is 7.90. The lowest BCUT2D eigenvalue weighted by Gasteiger charge is -2.35. The van der Waals surface area contributed by atoms with Gasteiger partial charge in [0.1, 0.15) is 12.6 Å². The molecule has 0 fully saturated rings. The number of para-hydroxylation sites is 1. The van der Waals surface area contributed by atoms with E-state index in [-0.39, 0.29) is 24.9 Å². The number of halogens is 1. The lowest BCUT2D eigenvalue weighted by Crippen LogP contribution is -2.55. The molecule has 3 rings (SSSR count). The number of hydrogen-bond donors (Lipinski definition) is 1. The van der Waals surface area contributed by atoms with Crippen molar-refractivity contribution in [2.45, 2.75) is 45.3 Å². The average molecular weight is 585 g/mol. The van der Waals surface area contributed by atoms with Crippen LogP contribution in [0.3, 0.4) is 0 Å². The first-order valence-electron chi connectivity index (χ1n) is 13.2. The predicted octanol–water partition coefficient (Wildman–Crippen LogP) is 4.51. The lowest BCUT2D eigenvalue weighted by atomic mass is 10.0. The highest BCUT2D eigenvalue weighted by Crippen LogP contribution is 2.23. The van der Waals surface area contributed by atoms with Crippen LogP contribution < -0.4 is 9.62 Å². The summed E-state index contributed by atoms with van der Waals surface area (Å²) < 4.78 is 28.8. The van der Waals surface area contributed by atoms with Gasteiger partial charge < -0.3 is 10.2 Å². The molecule has 0 saturated heterocycles. The first-order valence-corrected chi connectivity index (χ1v) is 14.9. The van der Waals surface area contributed by atoms with Gasteiger partial charge in [0.25, 0.3) is 0 Å². The number of carbonyl (C=O) groups is 2. The van der Waals surface area contributed by atoms with Crippen LogP contribution in [0.5, 0.6) is 0 Å². The van der Waals surface area contributed by atoms with E-state index in [0.29, 0.717) is 22.7 Å². The summed E-state index contributed by atoms with van der Waals surface area (Å²) in [4.78, 5) is 29.3. The summed E-state index contributed by atoms with van der Waals surface area (Å²) in [5, 5.41) is 3.46. The van der Waals surface area contributed by atoms with Crippen molar-refractivity contribution in [1.29, 1.82) is 0 Å². The van der Waals surface area contributed by atoms with E-state index < -0.39 is 28.7 Å². The summed E-state index contributed by atoms with van der Waals surface area (Å²) >= 11 is 6.49. The highest BCUT2D eigenvalue weighted by Gasteiger charge is 2.35. The molecule has 0 radical (unpaired) electrons. The molecule has 1 N–H and O–H groups in total. The van der Waals surface area contributed by atoms with Crippen LogP contribution in [0.1, 0.15) is 31.4 Å². The monoisotopic (exact) mass is 584 g/mol. The maximum atomic E-state index is 14.2. The Morgan fingerprint density at radius 2 is 1.48 bits per heavy atom. The second kappa shape index (κ2) is 14.3. The molecular formula is C30H37ClN4O4S. The Kier molecular flexibility index (Phi) is 11.1. The van der Waals surface area contributed by atoms with Crippen molar-refractivity contribution in [2.24, 2.45) is 0 Å². The summed E-state index contributed by atoms with van der Waals surface area (Å²) in [5.41, 5.74) is 1.85. The van der Waals surface area contributed by atoms with Crippen molar-refractivity contribution in [1.82, 2.24) is 14.5 Å². The van der Waals surface area contributed by atoms with E-state index in [2.05, 4.69) is 5.32 Å². The Morgan fingerprint density at radius 1 is 0.900 bits per heavy atom. The molecule has 0 heterocycles. The lowest BCUT2D eigenvalue weighted by molar-refractivity contribution is -0.140. The molecule has 8 nitrogen and oxygen atoms in total. The van der Waals surface area contributed by atoms with E-state index in [1.807, 2.05) is 50.2 Å². The molecule has 0 aliphatic rings. The first kappa shape index (κ1) is 31.1. The van der Waals surface area contributed by atoms with Crippen LogP contribution in [0.4, 0.5) is 5.69 Å². The van der Waals surface area contributed by atoms with Crippen LogP contribution in [0.2, 0.25) is 5.02 Å². The van der Waals surface area contributed by atoms with Gasteiger partial charge in [-0.1, -0.05) is 85.3 Å². The minimum absolute atomic E-state index is 0.0224. The number of hydrogen-bond acceptors (Lipinski definition) is 4. The quantitative estimate of drug-likeness (QED) is 0.320. The Balaban J connectivity index is 2.09. The molecule has 0 bridgehead atoms. The summed E-state index contributed by atoms with van der Waals surface area (Å²) in [6.07, 6.45) is 0.955. The molecule has 10 heteroatoms. The third-order valence-corrected chi connectivity index (χ3v) is 8.82. The van der Waals surface area contributed by atoms with Gasteiger partial charge in [-0.25, -0.2) is 4.31 Å². The van der Waals surface area contributed by atoms with E-state index in [1.165, 1.54) is 19.0 Å². The Bertz CT molecular complexity index is 1370. The fraction of sp³-hybridized carbons (Fsp3) is 0.333. The van der Waals surface area contributed by atoms with Crippen molar-refractivity contribution in [3.63, 3.8) is 0 Å². The van der Waals surface area contributed by atoms with Crippen LogP contribution in [-0.2, 0) is 32.8 Å². The molecule has 3 aromatic rings. The van der Waals surface area contributed by atoms with Gasteiger partial charge in [0.15, 0.2) is 0 Å². The predicted molar refractivity (Wildman–Crippen MR) is 160 cm³/mol. The minimum atomic E-state index is -4.04. The number of rotatable bonds is 13. The Hall–Kier alpha value is -3.40. The van der Waals surface area contributed by atoms with Crippen LogP contribution in [-0.4, -0.2) is 62.2 Å². The molecule has 2 unspecified atom stereocenters. The topological polar surface area (TPSA) is 90.0 Å². The van der Waals surface area contributed by atoms with Gasteiger partial charge in [-0.05, 0) is 42.7 Å². The van der Waals surface area contributed by atoms with E-state index in [4.69, 9.17) is 11.6 Å². The second-order valence-corrected chi connectivity index (χ2v) is 12.2. The van der Waals surface area contributed by atoms with E-state index in [1.54, 1.807) is 48.5 Å². The summed E-state index contributed by atoms with van der Waals surface area (Å²) in [6, 6.07) is 23.9. The molecule has 2 atom stereocenters. The van der Waals surface area contributed by atoms with E-state index in [9.17, 15) is 18.0 Å². The van der Waals surface area contributed by atoms with Crippen LogP contribution in [0, 0.1) is 0 Å². The molecule has 0 aromatic heterocycles. The molecular weight excluding hydrogens is 548 g/mol. The van der Waals surface area contributed by atoms with Crippen LogP contribution in [0.25, 0.3) is 0 Å². The van der Waals surface area contributed by atoms with Crippen LogP contribution in [0.15, 0.2) is 84.9 Å². The normalized spacial score (nSPS) is 12.9. The SMILES string of the molecule is CCC(C)NC(=O)C(Cc1ccccc1)N(Cc1ccccc1Cl)C(=O)CN(c1ccccc1)S(=O)(=O)N(C)C. The number of anilines is 1.